The number of nitrogens with one attached hydrogen (secondary N) is 1. The summed E-state index contributed by atoms with van der Waals surface area (Å²) in [5, 5.41) is 11.5. The molecule has 1 aromatic heterocycles. The van der Waals surface area contributed by atoms with Gasteiger partial charge in [-0.05, 0) is 67.9 Å². The van der Waals surface area contributed by atoms with Gasteiger partial charge >= 0.3 is 6.18 Å². The summed E-state index contributed by atoms with van der Waals surface area (Å²) >= 11 is 6.38. The fourth-order valence-corrected chi connectivity index (χ4v) is 4.31. The number of amidine groups is 2. The largest absolute Gasteiger partial charge is 0.441 e. The van der Waals surface area contributed by atoms with Crippen LogP contribution in [0.15, 0.2) is 39.9 Å². The molecule has 31 heavy (non-hydrogen) atoms. The van der Waals surface area contributed by atoms with Crippen molar-refractivity contribution >= 4 is 51.4 Å². The smallest absolute Gasteiger partial charge is 0.318 e. The van der Waals surface area contributed by atoms with Gasteiger partial charge in [0.25, 0.3) is 5.91 Å². The number of hydrogen-bond acceptors (Lipinski definition) is 4. The van der Waals surface area contributed by atoms with Gasteiger partial charge in [0.2, 0.25) is 10.2 Å². The Balaban J connectivity index is 1.77. The summed E-state index contributed by atoms with van der Waals surface area (Å²) in [6, 6.07) is 7.34. The minimum absolute atomic E-state index is 0.139. The summed E-state index contributed by atoms with van der Waals surface area (Å²) in [4.78, 5) is 16.2. The number of rotatable bonds is 2. The standard InChI is InChI=1S/C20H15ClF3N5OS/c1-9-4-5-13(21)8-15(9)28-10(2)6-12(11(28)3)7-14-16(25)29-19(26-17(14)30)31-18(27-29)20(22,23)24/h4-8,25H,1-3H3/b14-7-,25-16?. The molecule has 0 radical (unpaired) electrons. The van der Waals surface area contributed by atoms with Crippen molar-refractivity contribution in [3.63, 3.8) is 0 Å². The molecular formula is C20H15ClF3N5OS. The van der Waals surface area contributed by atoms with Crippen molar-refractivity contribution in [1.29, 1.82) is 5.41 Å². The highest BCUT2D eigenvalue weighted by atomic mass is 35.5. The third-order valence-electron chi connectivity index (χ3n) is 4.88. The van der Waals surface area contributed by atoms with E-state index in [1.807, 2.05) is 43.5 Å². The maximum absolute atomic E-state index is 13.0. The van der Waals surface area contributed by atoms with E-state index in [2.05, 4.69) is 10.1 Å². The number of alkyl halides is 3. The molecule has 4 rings (SSSR count). The zero-order valence-corrected chi connectivity index (χ0v) is 18.1. The molecule has 11 heteroatoms. The van der Waals surface area contributed by atoms with E-state index in [9.17, 15) is 18.0 Å². The van der Waals surface area contributed by atoms with E-state index in [0.717, 1.165) is 27.6 Å². The summed E-state index contributed by atoms with van der Waals surface area (Å²) < 4.78 is 40.9. The minimum Gasteiger partial charge on any atom is -0.318 e. The van der Waals surface area contributed by atoms with Crippen LogP contribution in [-0.2, 0) is 4.79 Å². The van der Waals surface area contributed by atoms with Gasteiger partial charge in [-0.25, -0.2) is 0 Å². The van der Waals surface area contributed by atoms with Crippen molar-refractivity contribution < 1.29 is 18.0 Å². The van der Waals surface area contributed by atoms with Gasteiger partial charge < -0.3 is 4.57 Å². The van der Waals surface area contributed by atoms with Gasteiger partial charge in [-0.1, -0.05) is 17.7 Å². The van der Waals surface area contributed by atoms with E-state index in [1.54, 1.807) is 6.07 Å². The molecule has 0 fully saturated rings. The first-order valence-corrected chi connectivity index (χ1v) is 10.2. The lowest BCUT2D eigenvalue weighted by Gasteiger charge is -2.20. The molecule has 6 nitrogen and oxygen atoms in total. The van der Waals surface area contributed by atoms with E-state index in [0.29, 0.717) is 10.6 Å². The number of aliphatic imine (C=N–C) groups is 1. The molecule has 3 heterocycles. The molecule has 1 amide bonds. The van der Waals surface area contributed by atoms with E-state index < -0.39 is 23.0 Å². The summed E-state index contributed by atoms with van der Waals surface area (Å²) in [6.07, 6.45) is -3.23. The van der Waals surface area contributed by atoms with Gasteiger partial charge in [0.05, 0.1) is 5.57 Å². The van der Waals surface area contributed by atoms with Crippen LogP contribution in [0.2, 0.25) is 5.02 Å². The Morgan fingerprint density at radius 3 is 2.58 bits per heavy atom. The van der Waals surface area contributed by atoms with Crippen molar-refractivity contribution in [2.45, 2.75) is 26.9 Å². The van der Waals surface area contributed by atoms with Crippen LogP contribution in [0.4, 0.5) is 13.2 Å². The van der Waals surface area contributed by atoms with Crippen LogP contribution in [0.5, 0.6) is 0 Å². The molecule has 0 atom stereocenters. The summed E-state index contributed by atoms with van der Waals surface area (Å²) in [5.74, 6) is -1.24. The average Bonchev–Trinajstić information content (AvgIpc) is 3.22. The molecule has 1 aromatic carbocycles. The maximum Gasteiger partial charge on any atom is 0.441 e. The van der Waals surface area contributed by atoms with Gasteiger partial charge in [0, 0.05) is 22.1 Å². The molecule has 160 valence electrons. The molecule has 2 aliphatic heterocycles. The lowest BCUT2D eigenvalue weighted by Crippen LogP contribution is -2.35. The van der Waals surface area contributed by atoms with Crippen LogP contribution in [0.25, 0.3) is 11.8 Å². The lowest BCUT2D eigenvalue weighted by molar-refractivity contribution is -0.114. The number of aromatic nitrogens is 1. The molecule has 0 aliphatic carbocycles. The Morgan fingerprint density at radius 1 is 1.19 bits per heavy atom. The molecule has 1 N–H and O–H groups in total. The Bertz CT molecular complexity index is 1240. The number of halogens is 4. The predicted molar refractivity (Wildman–Crippen MR) is 116 cm³/mol. The first-order valence-electron chi connectivity index (χ1n) is 9.00. The molecule has 0 spiro atoms. The van der Waals surface area contributed by atoms with Gasteiger partial charge in [-0.15, -0.1) is 0 Å². The predicted octanol–water partition coefficient (Wildman–Crippen LogP) is 5.24. The number of carbonyl (C=O) groups is 1. The first kappa shape index (κ1) is 21.4. The first-order chi connectivity index (χ1) is 14.5. The minimum atomic E-state index is -4.68. The molecule has 0 saturated carbocycles. The number of benzene rings is 1. The highest BCUT2D eigenvalue weighted by molar-refractivity contribution is 8.27. The molecule has 0 saturated heterocycles. The fraction of sp³-hybridized carbons (Fsp3) is 0.200. The summed E-state index contributed by atoms with van der Waals surface area (Å²) in [6.45, 7) is 5.67. The van der Waals surface area contributed by atoms with Crippen molar-refractivity contribution in [3.8, 4) is 5.69 Å². The highest BCUT2D eigenvalue weighted by Crippen LogP contribution is 2.35. The van der Waals surface area contributed by atoms with E-state index >= 15 is 0 Å². The van der Waals surface area contributed by atoms with Crippen molar-refractivity contribution in [2.75, 3.05) is 0 Å². The summed E-state index contributed by atoms with van der Waals surface area (Å²) in [7, 11) is 0. The third-order valence-corrected chi connectivity index (χ3v) is 6.07. The van der Waals surface area contributed by atoms with Crippen LogP contribution < -0.4 is 0 Å². The lowest BCUT2D eigenvalue weighted by atomic mass is 10.1. The van der Waals surface area contributed by atoms with Crippen LogP contribution in [0.3, 0.4) is 0 Å². The van der Waals surface area contributed by atoms with Gasteiger partial charge in [0.15, 0.2) is 5.84 Å². The Hall–Kier alpha value is -2.85. The highest BCUT2D eigenvalue weighted by Gasteiger charge is 2.46. The average molecular weight is 466 g/mol. The Kier molecular flexibility index (Phi) is 5.09. The number of nitrogens with zero attached hydrogens (tertiary/aromatic N) is 4. The monoisotopic (exact) mass is 465 g/mol. The zero-order valence-electron chi connectivity index (χ0n) is 16.5. The fourth-order valence-electron chi connectivity index (χ4n) is 3.39. The van der Waals surface area contributed by atoms with Crippen molar-refractivity contribution in [1.82, 2.24) is 9.58 Å². The number of hydrazone groups is 1. The van der Waals surface area contributed by atoms with Gasteiger partial charge in [-0.2, -0.15) is 28.3 Å². The second-order valence-corrected chi connectivity index (χ2v) is 8.41. The Morgan fingerprint density at radius 2 is 1.90 bits per heavy atom. The topological polar surface area (TPSA) is 73.8 Å². The van der Waals surface area contributed by atoms with Gasteiger partial charge in [0.1, 0.15) is 0 Å². The van der Waals surface area contributed by atoms with Crippen molar-refractivity contribution in [3.05, 3.63) is 57.4 Å². The van der Waals surface area contributed by atoms with Crippen LogP contribution in [0, 0.1) is 26.2 Å². The maximum atomic E-state index is 13.0. The SMILES string of the molecule is Cc1ccc(Cl)cc1-n1c(C)cc(/C=C2/C(=N)N3N=C(C(F)(F)F)SC3=NC2=O)c1C. The normalized spacial score (nSPS) is 17.9. The van der Waals surface area contributed by atoms with Gasteiger partial charge in [-0.3, -0.25) is 10.2 Å². The van der Waals surface area contributed by atoms with Crippen LogP contribution >= 0.6 is 23.4 Å². The molecule has 2 aliphatic rings. The number of amides is 1. The molecule has 0 bridgehead atoms. The summed E-state index contributed by atoms with van der Waals surface area (Å²) in [5.41, 5.74) is 4.00. The van der Waals surface area contributed by atoms with Crippen molar-refractivity contribution in [2.24, 2.45) is 10.1 Å². The van der Waals surface area contributed by atoms with Crippen LogP contribution in [-0.4, -0.2) is 37.7 Å². The molecule has 0 unspecified atom stereocenters. The van der Waals surface area contributed by atoms with E-state index in [4.69, 9.17) is 17.0 Å². The zero-order chi connectivity index (χ0) is 22.7. The van der Waals surface area contributed by atoms with E-state index in [-0.39, 0.29) is 22.5 Å². The second-order valence-electron chi connectivity index (χ2n) is 7.02. The number of carbonyl (C=O) groups excluding carboxylic acids is 1. The molecule has 2 aromatic rings. The number of hydrogen-bond donors (Lipinski definition) is 1. The van der Waals surface area contributed by atoms with Crippen LogP contribution in [0.1, 0.15) is 22.5 Å². The quantitative estimate of drug-likeness (QED) is 0.616. The molecular weight excluding hydrogens is 451 g/mol. The number of aryl methyl sites for hydroxylation is 2. The number of thioether (sulfide) groups is 1. The number of fused-ring (bicyclic) bond motifs is 1. The second kappa shape index (κ2) is 7.38. The Labute approximate surface area is 184 Å². The van der Waals surface area contributed by atoms with E-state index in [1.165, 1.54) is 6.08 Å². The third kappa shape index (κ3) is 3.70.